The van der Waals surface area contributed by atoms with Crippen molar-refractivity contribution in [1.82, 2.24) is 0 Å². The maximum Gasteiger partial charge on any atom is 0.227 e. The highest BCUT2D eigenvalue weighted by atomic mass is 32.2. The second-order valence-electron chi connectivity index (χ2n) is 5.74. The van der Waals surface area contributed by atoms with E-state index < -0.39 is 9.84 Å². The molecule has 2 saturated carbocycles. The first kappa shape index (κ1) is 13.6. The van der Waals surface area contributed by atoms with Crippen LogP contribution in [0.5, 0.6) is 0 Å². The van der Waals surface area contributed by atoms with Gasteiger partial charge in [0.1, 0.15) is 0 Å². The van der Waals surface area contributed by atoms with Crippen LogP contribution in [0.1, 0.15) is 38.5 Å². The van der Waals surface area contributed by atoms with Gasteiger partial charge in [-0.2, -0.15) is 0 Å². The van der Waals surface area contributed by atoms with Gasteiger partial charge in [-0.05, 0) is 49.9 Å². The molecule has 2 aliphatic rings. The van der Waals surface area contributed by atoms with E-state index in [-0.39, 0.29) is 17.1 Å². The van der Waals surface area contributed by atoms with E-state index in [1.54, 1.807) is 24.3 Å². The summed E-state index contributed by atoms with van der Waals surface area (Å²) in [5.41, 5.74) is 0.673. The molecule has 0 unspecified atom stereocenters. The van der Waals surface area contributed by atoms with Gasteiger partial charge in [-0.1, -0.05) is 12.8 Å². The highest BCUT2D eigenvalue weighted by Crippen LogP contribution is 2.31. The molecule has 0 atom stereocenters. The highest BCUT2D eigenvalue weighted by molar-refractivity contribution is 7.92. The van der Waals surface area contributed by atoms with Crippen LogP contribution < -0.4 is 5.32 Å². The third-order valence-electron chi connectivity index (χ3n) is 4.14. The van der Waals surface area contributed by atoms with E-state index in [1.807, 2.05) is 0 Å². The number of carbonyl (C=O) groups is 1. The monoisotopic (exact) mass is 293 g/mol. The molecule has 2 aliphatic carbocycles. The van der Waals surface area contributed by atoms with Crippen molar-refractivity contribution >= 4 is 21.4 Å². The summed E-state index contributed by atoms with van der Waals surface area (Å²) in [6.07, 6.45) is 5.45. The number of anilines is 1. The van der Waals surface area contributed by atoms with Crippen LogP contribution >= 0.6 is 0 Å². The minimum absolute atomic E-state index is 0.0383. The van der Waals surface area contributed by atoms with Crippen LogP contribution in [0, 0.1) is 5.92 Å². The molecule has 5 heteroatoms. The van der Waals surface area contributed by atoms with Crippen LogP contribution in [0.25, 0.3) is 0 Å². The number of rotatable bonds is 4. The van der Waals surface area contributed by atoms with Crippen molar-refractivity contribution in [1.29, 1.82) is 0 Å². The molecule has 0 heterocycles. The minimum atomic E-state index is -3.20. The second kappa shape index (κ2) is 5.20. The maximum absolute atomic E-state index is 12.4. The third-order valence-corrected chi connectivity index (χ3v) is 6.42. The number of hydrogen-bond acceptors (Lipinski definition) is 3. The van der Waals surface area contributed by atoms with Crippen molar-refractivity contribution < 1.29 is 13.2 Å². The average molecular weight is 293 g/mol. The summed E-state index contributed by atoms with van der Waals surface area (Å²) in [7, 11) is -3.20. The zero-order chi connectivity index (χ0) is 14.2. The summed E-state index contributed by atoms with van der Waals surface area (Å²) in [4.78, 5) is 12.0. The summed E-state index contributed by atoms with van der Waals surface area (Å²) in [5, 5.41) is 2.59. The van der Waals surface area contributed by atoms with Crippen molar-refractivity contribution in [3.63, 3.8) is 0 Å². The van der Waals surface area contributed by atoms with E-state index in [0.29, 0.717) is 10.6 Å². The zero-order valence-corrected chi connectivity index (χ0v) is 12.2. The number of carbonyl (C=O) groups excluding carboxylic acids is 1. The molecule has 1 N–H and O–H groups in total. The number of hydrogen-bond donors (Lipinski definition) is 1. The van der Waals surface area contributed by atoms with E-state index in [1.165, 1.54) is 0 Å². The summed E-state index contributed by atoms with van der Waals surface area (Å²) in [5.74, 6) is 0.188. The molecule has 0 saturated heterocycles. The quantitative estimate of drug-likeness (QED) is 0.928. The molecule has 0 aliphatic heterocycles. The number of nitrogens with one attached hydrogen (secondary N) is 1. The van der Waals surface area contributed by atoms with Crippen molar-refractivity contribution in [2.75, 3.05) is 5.32 Å². The largest absolute Gasteiger partial charge is 0.326 e. The summed E-state index contributed by atoms with van der Waals surface area (Å²) < 4.78 is 24.8. The molecule has 0 radical (unpaired) electrons. The Labute approximate surface area is 119 Å². The number of sulfone groups is 1. The molecular formula is C15H19NO3S. The SMILES string of the molecule is O=C(Nc1ccc(S(=O)(=O)C2CCCC2)cc1)C1CC1. The molecule has 1 aromatic carbocycles. The molecule has 0 spiro atoms. The molecule has 1 aromatic rings. The fourth-order valence-corrected chi connectivity index (χ4v) is 4.56. The van der Waals surface area contributed by atoms with Gasteiger partial charge in [0.25, 0.3) is 0 Å². The highest BCUT2D eigenvalue weighted by Gasteiger charge is 2.31. The van der Waals surface area contributed by atoms with Gasteiger partial charge in [0.15, 0.2) is 9.84 Å². The van der Waals surface area contributed by atoms with Gasteiger partial charge in [0, 0.05) is 11.6 Å². The smallest absolute Gasteiger partial charge is 0.227 e. The number of benzene rings is 1. The van der Waals surface area contributed by atoms with Crippen LogP contribution in [0.15, 0.2) is 29.2 Å². The summed E-state index contributed by atoms with van der Waals surface area (Å²) in [6, 6.07) is 6.58. The van der Waals surface area contributed by atoms with Crippen molar-refractivity contribution in [2.45, 2.75) is 48.7 Å². The lowest BCUT2D eigenvalue weighted by atomic mass is 10.3. The van der Waals surface area contributed by atoms with E-state index in [0.717, 1.165) is 38.5 Å². The lowest BCUT2D eigenvalue weighted by molar-refractivity contribution is -0.117. The standard InChI is InChI=1S/C15H19NO3S/c17-15(11-5-6-11)16-12-7-9-14(10-8-12)20(18,19)13-3-1-2-4-13/h7-11,13H,1-6H2,(H,16,17). The number of amides is 1. The molecule has 2 fully saturated rings. The Kier molecular flexibility index (Phi) is 3.54. The fourth-order valence-electron chi connectivity index (χ4n) is 2.71. The molecule has 0 aromatic heterocycles. The Hall–Kier alpha value is -1.36. The van der Waals surface area contributed by atoms with E-state index in [4.69, 9.17) is 0 Å². The Bertz CT molecular complexity index is 597. The predicted molar refractivity (Wildman–Crippen MR) is 77.2 cm³/mol. The van der Waals surface area contributed by atoms with Crippen molar-refractivity contribution in [2.24, 2.45) is 5.92 Å². The molecule has 3 rings (SSSR count). The van der Waals surface area contributed by atoms with Gasteiger partial charge < -0.3 is 5.32 Å². The van der Waals surface area contributed by atoms with Gasteiger partial charge in [0.05, 0.1) is 10.1 Å². The van der Waals surface area contributed by atoms with Crippen LogP contribution in [-0.4, -0.2) is 19.6 Å². The Morgan fingerprint density at radius 2 is 1.60 bits per heavy atom. The third kappa shape index (κ3) is 2.73. The van der Waals surface area contributed by atoms with Crippen LogP contribution in [0.3, 0.4) is 0 Å². The van der Waals surface area contributed by atoms with Crippen LogP contribution in [0.4, 0.5) is 5.69 Å². The van der Waals surface area contributed by atoms with Gasteiger partial charge in [0.2, 0.25) is 5.91 Å². The van der Waals surface area contributed by atoms with Crippen LogP contribution in [0.2, 0.25) is 0 Å². The van der Waals surface area contributed by atoms with Crippen LogP contribution in [-0.2, 0) is 14.6 Å². The van der Waals surface area contributed by atoms with Crippen molar-refractivity contribution in [3.8, 4) is 0 Å². The molecular weight excluding hydrogens is 274 g/mol. The summed E-state index contributed by atoms with van der Waals surface area (Å²) >= 11 is 0. The Balaban J connectivity index is 1.73. The molecule has 4 nitrogen and oxygen atoms in total. The van der Waals surface area contributed by atoms with E-state index in [9.17, 15) is 13.2 Å². The van der Waals surface area contributed by atoms with Gasteiger partial charge in [-0.25, -0.2) is 8.42 Å². The summed E-state index contributed by atoms with van der Waals surface area (Å²) in [6.45, 7) is 0. The zero-order valence-electron chi connectivity index (χ0n) is 11.3. The molecule has 108 valence electrons. The minimum Gasteiger partial charge on any atom is -0.326 e. The van der Waals surface area contributed by atoms with E-state index >= 15 is 0 Å². The molecule has 0 bridgehead atoms. The fraction of sp³-hybridized carbons (Fsp3) is 0.533. The van der Waals surface area contributed by atoms with Crippen molar-refractivity contribution in [3.05, 3.63) is 24.3 Å². The Morgan fingerprint density at radius 1 is 1.00 bits per heavy atom. The van der Waals surface area contributed by atoms with Gasteiger partial charge in [-0.15, -0.1) is 0 Å². The normalized spacial score (nSPS) is 20.0. The first-order valence-electron chi connectivity index (χ1n) is 7.22. The molecule has 20 heavy (non-hydrogen) atoms. The van der Waals surface area contributed by atoms with E-state index in [2.05, 4.69) is 5.32 Å². The first-order valence-corrected chi connectivity index (χ1v) is 8.77. The molecule has 1 amide bonds. The maximum atomic E-state index is 12.4. The Morgan fingerprint density at radius 3 is 2.15 bits per heavy atom. The lowest BCUT2D eigenvalue weighted by Gasteiger charge is -2.12. The topological polar surface area (TPSA) is 63.2 Å². The average Bonchev–Trinajstić information content (AvgIpc) is 3.14. The lowest BCUT2D eigenvalue weighted by Crippen LogP contribution is -2.18. The van der Waals surface area contributed by atoms with Gasteiger partial charge >= 0.3 is 0 Å². The first-order chi connectivity index (χ1) is 9.57. The van der Waals surface area contributed by atoms with Gasteiger partial charge in [-0.3, -0.25) is 4.79 Å². The second-order valence-corrected chi connectivity index (χ2v) is 7.97. The predicted octanol–water partition coefficient (Wildman–Crippen LogP) is 2.75.